The van der Waals surface area contributed by atoms with Crippen molar-refractivity contribution in [1.29, 1.82) is 0 Å². The molecule has 2 nitrogen and oxygen atoms in total. The third-order valence-electron chi connectivity index (χ3n) is 5.72. The molecular formula is C20H30O2. The van der Waals surface area contributed by atoms with Gasteiger partial charge in [0.05, 0.1) is 6.10 Å². The van der Waals surface area contributed by atoms with Gasteiger partial charge in [0, 0.05) is 10.8 Å². The van der Waals surface area contributed by atoms with Crippen LogP contribution in [0.3, 0.4) is 0 Å². The monoisotopic (exact) mass is 302 g/mol. The molecule has 0 bridgehead atoms. The molecule has 0 aromatic heterocycles. The number of hydrogen-bond donors (Lipinski definition) is 2. The molecule has 0 aliphatic heterocycles. The first-order chi connectivity index (χ1) is 10.0. The molecule has 1 aromatic carbocycles. The lowest BCUT2D eigenvalue weighted by Crippen LogP contribution is -2.65. The number of hydrogen-bond acceptors (Lipinski definition) is 2. The van der Waals surface area contributed by atoms with Crippen molar-refractivity contribution in [2.75, 3.05) is 0 Å². The average molecular weight is 302 g/mol. The Morgan fingerprint density at radius 1 is 1.14 bits per heavy atom. The predicted octanol–water partition coefficient (Wildman–Crippen LogP) is 4.25. The zero-order chi connectivity index (χ0) is 16.9. The molecule has 2 rings (SSSR count). The van der Waals surface area contributed by atoms with Gasteiger partial charge in [0.1, 0.15) is 5.60 Å². The molecule has 0 saturated carbocycles. The molecule has 0 unspecified atom stereocenters. The van der Waals surface area contributed by atoms with Gasteiger partial charge in [0.15, 0.2) is 0 Å². The van der Waals surface area contributed by atoms with Crippen LogP contribution in [0.15, 0.2) is 30.4 Å². The van der Waals surface area contributed by atoms with Crippen molar-refractivity contribution in [2.45, 2.75) is 71.5 Å². The topological polar surface area (TPSA) is 40.5 Å². The summed E-state index contributed by atoms with van der Waals surface area (Å²) in [5.74, 6) is 0.469. The summed E-state index contributed by atoms with van der Waals surface area (Å²) in [6.07, 6.45) is 2.90. The molecule has 2 heteroatoms. The number of rotatable bonds is 4. The van der Waals surface area contributed by atoms with E-state index in [1.54, 1.807) is 6.08 Å². The van der Waals surface area contributed by atoms with Gasteiger partial charge in [-0.25, -0.2) is 0 Å². The summed E-state index contributed by atoms with van der Waals surface area (Å²) in [7, 11) is 0. The van der Waals surface area contributed by atoms with Crippen LogP contribution in [0, 0.1) is 5.41 Å². The molecular weight excluding hydrogens is 272 g/mol. The van der Waals surface area contributed by atoms with Gasteiger partial charge < -0.3 is 10.2 Å². The third-order valence-corrected chi connectivity index (χ3v) is 5.72. The minimum absolute atomic E-state index is 0.390. The number of aliphatic hydroxyl groups excluding tert-OH is 1. The van der Waals surface area contributed by atoms with E-state index in [1.165, 1.54) is 11.1 Å². The van der Waals surface area contributed by atoms with Crippen molar-refractivity contribution < 1.29 is 10.2 Å². The first-order valence-electron chi connectivity index (χ1n) is 8.20. The van der Waals surface area contributed by atoms with Crippen LogP contribution in [0.25, 0.3) is 0 Å². The summed E-state index contributed by atoms with van der Waals surface area (Å²) in [5.41, 5.74) is 1.33. The second kappa shape index (κ2) is 5.21. The zero-order valence-electron chi connectivity index (χ0n) is 14.9. The van der Waals surface area contributed by atoms with Crippen LogP contribution in [0.5, 0.6) is 0 Å². The van der Waals surface area contributed by atoms with E-state index in [1.807, 2.05) is 32.9 Å². The van der Waals surface area contributed by atoms with E-state index < -0.39 is 17.1 Å². The van der Waals surface area contributed by atoms with E-state index in [2.05, 4.69) is 39.8 Å². The molecule has 0 radical (unpaired) electrons. The van der Waals surface area contributed by atoms with Gasteiger partial charge in [-0.3, -0.25) is 0 Å². The first-order valence-corrected chi connectivity index (χ1v) is 8.20. The van der Waals surface area contributed by atoms with Crippen molar-refractivity contribution >= 4 is 0 Å². The average Bonchev–Trinajstić information content (AvgIpc) is 2.45. The maximum Gasteiger partial charge on any atom is 0.107 e. The van der Waals surface area contributed by atoms with Crippen LogP contribution in [0.2, 0.25) is 0 Å². The SMILES string of the molecule is C/C=C/[C@@H](O)C(C)(C)[C@@]1(O)c2ccc(C(C)C)cc2C1(C)C. The third kappa shape index (κ3) is 2.00. The van der Waals surface area contributed by atoms with Gasteiger partial charge >= 0.3 is 0 Å². The molecule has 0 spiro atoms. The van der Waals surface area contributed by atoms with Crippen molar-refractivity contribution in [3.63, 3.8) is 0 Å². The zero-order valence-corrected chi connectivity index (χ0v) is 14.9. The molecule has 0 fully saturated rings. The molecule has 1 aliphatic rings. The number of fused-ring (bicyclic) bond motifs is 1. The van der Waals surface area contributed by atoms with E-state index in [-0.39, 0.29) is 5.41 Å². The smallest absolute Gasteiger partial charge is 0.107 e. The molecule has 1 aliphatic carbocycles. The standard InChI is InChI=1S/C20H30O2/c1-8-9-17(21)19(6,7)20(22)15-11-10-14(13(2)3)12-16(15)18(20,4)5/h8-13,17,21-22H,1-7H3/b9-8+/t17-,20-/m1/s1. The lowest BCUT2D eigenvalue weighted by atomic mass is 9.45. The lowest BCUT2D eigenvalue weighted by Gasteiger charge is -2.62. The van der Waals surface area contributed by atoms with Gasteiger partial charge in [-0.2, -0.15) is 0 Å². The normalized spacial score (nSPS) is 25.2. The molecule has 0 saturated heterocycles. The Bertz CT molecular complexity index is 596. The Labute approximate surface area is 134 Å². The summed E-state index contributed by atoms with van der Waals surface area (Å²) < 4.78 is 0. The number of aliphatic hydroxyl groups is 2. The Balaban J connectivity index is 2.57. The van der Waals surface area contributed by atoms with Crippen molar-refractivity contribution in [3.05, 3.63) is 47.0 Å². The fraction of sp³-hybridized carbons (Fsp3) is 0.600. The van der Waals surface area contributed by atoms with Crippen molar-refractivity contribution in [3.8, 4) is 0 Å². The molecule has 22 heavy (non-hydrogen) atoms. The Hall–Kier alpha value is -1.12. The summed E-state index contributed by atoms with van der Waals surface area (Å²) >= 11 is 0. The highest BCUT2D eigenvalue weighted by Gasteiger charge is 2.65. The van der Waals surface area contributed by atoms with E-state index >= 15 is 0 Å². The number of allylic oxidation sites excluding steroid dienone is 1. The second-order valence-corrected chi connectivity index (χ2v) is 7.99. The summed E-state index contributed by atoms with van der Waals surface area (Å²) in [6, 6.07) is 6.36. The molecule has 2 N–H and O–H groups in total. The highest BCUT2D eigenvalue weighted by molar-refractivity contribution is 5.55. The molecule has 2 atom stereocenters. The lowest BCUT2D eigenvalue weighted by molar-refractivity contribution is -0.182. The largest absolute Gasteiger partial charge is 0.388 e. The van der Waals surface area contributed by atoms with E-state index in [0.29, 0.717) is 5.92 Å². The maximum absolute atomic E-state index is 11.6. The van der Waals surface area contributed by atoms with Crippen LogP contribution in [-0.4, -0.2) is 16.3 Å². The van der Waals surface area contributed by atoms with Crippen LogP contribution < -0.4 is 0 Å². The van der Waals surface area contributed by atoms with Gasteiger partial charge in [-0.15, -0.1) is 0 Å². The predicted molar refractivity (Wildman–Crippen MR) is 92.1 cm³/mol. The van der Waals surface area contributed by atoms with Gasteiger partial charge in [-0.1, -0.05) is 71.9 Å². The van der Waals surface area contributed by atoms with Crippen molar-refractivity contribution in [2.24, 2.45) is 5.41 Å². The highest BCUT2D eigenvalue weighted by Crippen LogP contribution is 2.63. The van der Waals surface area contributed by atoms with E-state index in [9.17, 15) is 10.2 Å². The van der Waals surface area contributed by atoms with Gasteiger partial charge in [0.2, 0.25) is 0 Å². The summed E-state index contributed by atoms with van der Waals surface area (Å²) in [5, 5.41) is 22.1. The quantitative estimate of drug-likeness (QED) is 0.816. The van der Waals surface area contributed by atoms with Crippen LogP contribution in [0.4, 0.5) is 0 Å². The van der Waals surface area contributed by atoms with Crippen LogP contribution in [-0.2, 0) is 11.0 Å². The summed E-state index contributed by atoms with van der Waals surface area (Å²) in [6.45, 7) is 14.3. The Kier molecular flexibility index (Phi) is 4.08. The second-order valence-electron chi connectivity index (χ2n) is 7.99. The van der Waals surface area contributed by atoms with E-state index in [4.69, 9.17) is 0 Å². The van der Waals surface area contributed by atoms with Crippen molar-refractivity contribution in [1.82, 2.24) is 0 Å². The molecule has 1 aromatic rings. The minimum Gasteiger partial charge on any atom is -0.388 e. The van der Waals surface area contributed by atoms with Gasteiger partial charge in [-0.05, 0) is 29.5 Å². The molecule has 122 valence electrons. The minimum atomic E-state index is -1.05. The number of benzene rings is 1. The van der Waals surface area contributed by atoms with Crippen LogP contribution in [0.1, 0.15) is 71.1 Å². The molecule has 0 heterocycles. The van der Waals surface area contributed by atoms with Gasteiger partial charge in [0.25, 0.3) is 0 Å². The van der Waals surface area contributed by atoms with E-state index in [0.717, 1.165) is 5.56 Å². The first kappa shape index (κ1) is 17.2. The van der Waals surface area contributed by atoms with Crippen LogP contribution >= 0.6 is 0 Å². The fourth-order valence-electron chi connectivity index (χ4n) is 4.01. The Morgan fingerprint density at radius 3 is 2.23 bits per heavy atom. The Morgan fingerprint density at radius 2 is 1.73 bits per heavy atom. The molecule has 0 amide bonds. The fourth-order valence-corrected chi connectivity index (χ4v) is 4.01. The maximum atomic E-state index is 11.6. The highest BCUT2D eigenvalue weighted by atomic mass is 16.3. The summed E-state index contributed by atoms with van der Waals surface area (Å²) in [4.78, 5) is 0.